The fourth-order valence-corrected chi connectivity index (χ4v) is 2.77. The van der Waals surface area contributed by atoms with E-state index in [9.17, 15) is 9.59 Å². The van der Waals surface area contributed by atoms with Crippen molar-refractivity contribution in [3.8, 4) is 5.75 Å². The number of aromatic nitrogens is 1. The van der Waals surface area contributed by atoms with Crippen LogP contribution in [0.5, 0.6) is 5.75 Å². The quantitative estimate of drug-likeness (QED) is 0.659. The number of carbonyl (C=O) groups is 1. The summed E-state index contributed by atoms with van der Waals surface area (Å²) in [5.41, 5.74) is 0.683. The third-order valence-corrected chi connectivity index (χ3v) is 4.02. The maximum absolute atomic E-state index is 12.5. The van der Waals surface area contributed by atoms with Gasteiger partial charge in [0.15, 0.2) is 0 Å². The van der Waals surface area contributed by atoms with Gasteiger partial charge in [-0.25, -0.2) is 0 Å². The number of benzene rings is 1. The summed E-state index contributed by atoms with van der Waals surface area (Å²) < 4.78 is 5.43. The summed E-state index contributed by atoms with van der Waals surface area (Å²) in [6.07, 6.45) is 3.30. The summed E-state index contributed by atoms with van der Waals surface area (Å²) in [5, 5.41) is 6.97. The van der Waals surface area contributed by atoms with Gasteiger partial charge in [0.2, 0.25) is 0 Å². The van der Waals surface area contributed by atoms with Crippen molar-refractivity contribution in [3.63, 3.8) is 0 Å². The molecule has 0 bridgehead atoms. The van der Waals surface area contributed by atoms with Crippen molar-refractivity contribution in [1.82, 2.24) is 10.3 Å². The van der Waals surface area contributed by atoms with Gasteiger partial charge in [0, 0.05) is 17.5 Å². The number of aromatic amines is 1. The van der Waals surface area contributed by atoms with Crippen molar-refractivity contribution in [2.24, 2.45) is 0 Å². The van der Waals surface area contributed by atoms with Crippen LogP contribution in [-0.4, -0.2) is 30.1 Å². The third-order valence-electron chi connectivity index (χ3n) is 4.02. The number of pyridine rings is 1. The van der Waals surface area contributed by atoms with Crippen molar-refractivity contribution < 1.29 is 9.53 Å². The highest BCUT2D eigenvalue weighted by molar-refractivity contribution is 6.00. The van der Waals surface area contributed by atoms with Gasteiger partial charge in [-0.1, -0.05) is 19.8 Å². The second-order valence-corrected chi connectivity index (χ2v) is 7.46. The zero-order valence-electron chi connectivity index (χ0n) is 16.3. The molecule has 1 heterocycles. The van der Waals surface area contributed by atoms with Gasteiger partial charge in [-0.3, -0.25) is 9.59 Å². The van der Waals surface area contributed by atoms with E-state index < -0.39 is 11.1 Å². The Morgan fingerprint density at radius 2 is 1.96 bits per heavy atom. The normalized spacial score (nSPS) is 11.4. The molecule has 0 saturated heterocycles. The van der Waals surface area contributed by atoms with E-state index in [1.807, 2.05) is 32.9 Å². The maximum atomic E-state index is 12.5. The van der Waals surface area contributed by atoms with E-state index in [0.717, 1.165) is 36.9 Å². The van der Waals surface area contributed by atoms with Crippen LogP contribution in [0.3, 0.4) is 0 Å². The van der Waals surface area contributed by atoms with Crippen LogP contribution in [0.15, 0.2) is 23.0 Å². The van der Waals surface area contributed by atoms with Crippen molar-refractivity contribution in [2.75, 3.05) is 19.0 Å². The monoisotopic (exact) mass is 359 g/mol. The Morgan fingerprint density at radius 1 is 1.23 bits per heavy atom. The molecule has 0 spiro atoms. The molecule has 6 nitrogen and oxygen atoms in total. The van der Waals surface area contributed by atoms with Crippen molar-refractivity contribution >= 4 is 22.5 Å². The number of amides is 1. The fourth-order valence-electron chi connectivity index (χ4n) is 2.77. The Hall–Kier alpha value is -2.50. The summed E-state index contributed by atoms with van der Waals surface area (Å²) in [6.45, 7) is 8.58. The van der Waals surface area contributed by atoms with E-state index in [2.05, 4.69) is 22.5 Å². The standard InChI is InChI=1S/C20H29N3O3/c1-6-7-8-11-21-17-15(26-5)10-9-13-12-14(18(24)22-16(13)17)19(25)23-20(2,3)4/h9-10,12,21H,6-8,11H2,1-5H3,(H,22,24)(H,23,25). The number of unbranched alkanes of at least 4 members (excludes halogenated alkanes) is 2. The first-order valence-corrected chi connectivity index (χ1v) is 9.07. The van der Waals surface area contributed by atoms with Crippen LogP contribution >= 0.6 is 0 Å². The van der Waals surface area contributed by atoms with Gasteiger partial charge in [-0.2, -0.15) is 0 Å². The molecule has 3 N–H and O–H groups in total. The number of ether oxygens (including phenoxy) is 1. The lowest BCUT2D eigenvalue weighted by molar-refractivity contribution is 0.0918. The van der Waals surface area contributed by atoms with Gasteiger partial charge in [-0.15, -0.1) is 0 Å². The van der Waals surface area contributed by atoms with Gasteiger partial charge < -0.3 is 20.4 Å². The van der Waals surface area contributed by atoms with E-state index in [4.69, 9.17) is 4.74 Å². The molecule has 2 rings (SSSR count). The molecule has 26 heavy (non-hydrogen) atoms. The van der Waals surface area contributed by atoms with E-state index in [1.54, 1.807) is 13.2 Å². The Bertz CT molecular complexity index is 835. The summed E-state index contributed by atoms with van der Waals surface area (Å²) in [7, 11) is 1.60. The smallest absolute Gasteiger partial charge is 0.261 e. The summed E-state index contributed by atoms with van der Waals surface area (Å²) >= 11 is 0. The first-order chi connectivity index (χ1) is 12.3. The SMILES string of the molecule is CCCCCNc1c(OC)ccc2cc(C(=O)NC(C)(C)C)c(=O)[nH]c12. The van der Waals surface area contributed by atoms with E-state index in [0.29, 0.717) is 11.3 Å². The highest BCUT2D eigenvalue weighted by atomic mass is 16.5. The molecule has 0 fully saturated rings. The lowest BCUT2D eigenvalue weighted by Crippen LogP contribution is -2.42. The van der Waals surface area contributed by atoms with Gasteiger partial charge in [-0.05, 0) is 45.4 Å². The first kappa shape index (κ1) is 19.8. The molecule has 2 aromatic rings. The first-order valence-electron chi connectivity index (χ1n) is 9.07. The second kappa shape index (κ2) is 8.25. The summed E-state index contributed by atoms with van der Waals surface area (Å²) in [6, 6.07) is 5.31. The molecular formula is C20H29N3O3. The van der Waals surface area contributed by atoms with Gasteiger partial charge in [0.25, 0.3) is 11.5 Å². The lowest BCUT2D eigenvalue weighted by atomic mass is 10.1. The fraction of sp³-hybridized carbons (Fsp3) is 0.500. The number of hydrogen-bond acceptors (Lipinski definition) is 4. The molecule has 0 unspecified atom stereocenters. The van der Waals surface area contributed by atoms with Crippen LogP contribution in [0, 0.1) is 0 Å². The lowest BCUT2D eigenvalue weighted by Gasteiger charge is -2.20. The third kappa shape index (κ3) is 4.77. The number of rotatable bonds is 7. The average Bonchev–Trinajstić information content (AvgIpc) is 2.56. The zero-order valence-corrected chi connectivity index (χ0v) is 16.3. The molecule has 0 aliphatic carbocycles. The second-order valence-electron chi connectivity index (χ2n) is 7.46. The number of hydrogen-bond donors (Lipinski definition) is 3. The number of carbonyl (C=O) groups excluding carboxylic acids is 1. The topological polar surface area (TPSA) is 83.2 Å². The number of methoxy groups -OCH3 is 1. The van der Waals surface area contributed by atoms with Crippen molar-refractivity contribution in [3.05, 3.63) is 34.1 Å². The summed E-state index contributed by atoms with van der Waals surface area (Å²) in [5.74, 6) is 0.283. The average molecular weight is 359 g/mol. The number of nitrogens with one attached hydrogen (secondary N) is 3. The largest absolute Gasteiger partial charge is 0.495 e. The Kier molecular flexibility index (Phi) is 6.29. The van der Waals surface area contributed by atoms with Crippen LogP contribution < -0.4 is 20.9 Å². The number of H-pyrrole nitrogens is 1. The maximum Gasteiger partial charge on any atom is 0.261 e. The molecule has 0 aliphatic rings. The molecule has 0 saturated carbocycles. The number of anilines is 1. The highest BCUT2D eigenvalue weighted by Crippen LogP contribution is 2.31. The van der Waals surface area contributed by atoms with Gasteiger partial charge >= 0.3 is 0 Å². The Labute approximate surface area is 154 Å². The Balaban J connectivity index is 2.44. The molecule has 0 radical (unpaired) electrons. The minimum atomic E-state index is -0.413. The molecule has 0 aliphatic heterocycles. The molecular weight excluding hydrogens is 330 g/mol. The molecule has 1 aromatic heterocycles. The Morgan fingerprint density at radius 3 is 2.58 bits per heavy atom. The predicted octanol–water partition coefficient (Wildman–Crippen LogP) is 3.67. The minimum Gasteiger partial charge on any atom is -0.495 e. The van der Waals surface area contributed by atoms with Crippen molar-refractivity contribution in [1.29, 1.82) is 0 Å². The van der Waals surface area contributed by atoms with Gasteiger partial charge in [0.05, 0.1) is 12.6 Å². The van der Waals surface area contributed by atoms with Crippen molar-refractivity contribution in [2.45, 2.75) is 52.5 Å². The van der Waals surface area contributed by atoms with E-state index in [1.165, 1.54) is 0 Å². The summed E-state index contributed by atoms with van der Waals surface area (Å²) in [4.78, 5) is 27.8. The van der Waals surface area contributed by atoms with Crippen LogP contribution in [-0.2, 0) is 0 Å². The molecule has 0 atom stereocenters. The highest BCUT2D eigenvalue weighted by Gasteiger charge is 2.19. The van der Waals surface area contributed by atoms with Crippen LogP contribution in [0.25, 0.3) is 10.9 Å². The molecule has 1 aromatic carbocycles. The zero-order chi connectivity index (χ0) is 19.3. The molecule has 1 amide bonds. The minimum absolute atomic E-state index is 0.106. The van der Waals surface area contributed by atoms with Crippen LogP contribution in [0.2, 0.25) is 0 Å². The number of fused-ring (bicyclic) bond motifs is 1. The van der Waals surface area contributed by atoms with Crippen LogP contribution in [0.1, 0.15) is 57.3 Å². The van der Waals surface area contributed by atoms with E-state index >= 15 is 0 Å². The molecule has 6 heteroatoms. The van der Waals surface area contributed by atoms with Crippen LogP contribution in [0.4, 0.5) is 5.69 Å². The predicted molar refractivity (Wildman–Crippen MR) is 106 cm³/mol. The van der Waals surface area contributed by atoms with Gasteiger partial charge in [0.1, 0.15) is 17.0 Å². The van der Waals surface area contributed by atoms with E-state index in [-0.39, 0.29) is 11.5 Å². The molecule has 142 valence electrons.